The highest BCUT2D eigenvalue weighted by atomic mass is 32.1. The highest BCUT2D eigenvalue weighted by molar-refractivity contribution is 7.17. The van der Waals surface area contributed by atoms with E-state index in [1.807, 2.05) is 18.3 Å². The van der Waals surface area contributed by atoms with Crippen LogP contribution in [0.1, 0.15) is 16.9 Å². The van der Waals surface area contributed by atoms with Gasteiger partial charge in [-0.25, -0.2) is 15.0 Å². The number of amides is 1. The molecule has 0 saturated carbocycles. The van der Waals surface area contributed by atoms with Crippen molar-refractivity contribution in [3.63, 3.8) is 0 Å². The summed E-state index contributed by atoms with van der Waals surface area (Å²) < 4.78 is 5.65. The van der Waals surface area contributed by atoms with Crippen LogP contribution in [0.15, 0.2) is 54.6 Å². The average Bonchev–Trinajstić information content (AvgIpc) is 3.25. The lowest BCUT2D eigenvalue weighted by molar-refractivity contribution is -0.122. The van der Waals surface area contributed by atoms with Gasteiger partial charge in [-0.05, 0) is 24.6 Å². The van der Waals surface area contributed by atoms with Crippen molar-refractivity contribution in [2.45, 2.75) is 6.42 Å². The predicted molar refractivity (Wildman–Crippen MR) is 121 cm³/mol. The fourth-order valence-electron chi connectivity index (χ4n) is 2.82. The summed E-state index contributed by atoms with van der Waals surface area (Å²) >= 11 is 1.58. The summed E-state index contributed by atoms with van der Waals surface area (Å²) in [4.78, 5) is 37.3. The molecule has 0 atom stereocenters. The maximum Gasteiger partial charge on any atom is 0.290 e. The summed E-state index contributed by atoms with van der Waals surface area (Å²) in [6, 6.07) is 7.17. The van der Waals surface area contributed by atoms with Gasteiger partial charge < -0.3 is 20.9 Å². The van der Waals surface area contributed by atoms with E-state index in [4.69, 9.17) is 20.4 Å². The molecule has 0 spiro atoms. The second kappa shape index (κ2) is 11.3. The maximum absolute atomic E-state index is 11.0. The summed E-state index contributed by atoms with van der Waals surface area (Å²) in [7, 11) is 0. The molecule has 11 heteroatoms. The van der Waals surface area contributed by atoms with Crippen molar-refractivity contribution >= 4 is 39.8 Å². The number of carbonyl (C=O) groups is 2. The molecule has 4 aromatic heterocycles. The molecule has 0 fully saturated rings. The number of primary amides is 1. The molecule has 164 valence electrons. The van der Waals surface area contributed by atoms with Gasteiger partial charge in [-0.15, -0.1) is 11.3 Å². The van der Waals surface area contributed by atoms with Gasteiger partial charge >= 0.3 is 0 Å². The van der Waals surface area contributed by atoms with E-state index in [2.05, 4.69) is 30.6 Å². The molecule has 0 saturated heterocycles. The Bertz CT molecular complexity index is 1170. The second-order valence-corrected chi connectivity index (χ2v) is 7.13. The smallest absolute Gasteiger partial charge is 0.290 e. The number of nitrogens with one attached hydrogen (secondary N) is 1. The first kappa shape index (κ1) is 22.6. The third-order valence-electron chi connectivity index (χ3n) is 4.21. The summed E-state index contributed by atoms with van der Waals surface area (Å²) in [6.45, 7) is 0.930. The Morgan fingerprint density at radius 3 is 2.75 bits per heavy atom. The van der Waals surface area contributed by atoms with Crippen molar-refractivity contribution in [1.82, 2.24) is 19.9 Å². The Hall–Kier alpha value is -4.12. The Morgan fingerprint density at radius 2 is 2.06 bits per heavy atom. The number of carbonyl (C=O) groups excluding carboxylic acids is 1. The normalized spacial score (nSPS) is 10.1. The molecule has 0 bridgehead atoms. The van der Waals surface area contributed by atoms with Crippen molar-refractivity contribution in [2.24, 2.45) is 5.73 Å². The zero-order valence-corrected chi connectivity index (χ0v) is 17.7. The standard InChI is InChI=1S/C20H18N6O2S.CH2O2/c21-18(27)16-5-4-14(10-24-16)28-8-2-7-23-19-17-15(13-3-1-6-22-9-13)11-29-20(17)26-12-25-19;2-1-3/h1,3-6,9-12H,2,7-8H2,(H2,21,27)(H,23,25,26);1H,(H,2,3). The van der Waals surface area contributed by atoms with Crippen LogP contribution in [0.3, 0.4) is 0 Å². The minimum Gasteiger partial charge on any atom is -0.492 e. The molecule has 0 aromatic carbocycles. The number of rotatable bonds is 8. The number of ether oxygens (including phenoxy) is 1. The molecular formula is C21H20N6O4S. The maximum atomic E-state index is 11.0. The Kier molecular flexibility index (Phi) is 7.98. The van der Waals surface area contributed by atoms with Crippen LogP contribution in [-0.2, 0) is 4.79 Å². The molecule has 0 radical (unpaired) electrons. The van der Waals surface area contributed by atoms with E-state index in [1.165, 1.54) is 6.20 Å². The Balaban J connectivity index is 0.000000913. The highest BCUT2D eigenvalue weighted by Gasteiger charge is 2.13. The number of pyridine rings is 2. The number of thiophene rings is 1. The van der Waals surface area contributed by atoms with Crippen molar-refractivity contribution in [2.75, 3.05) is 18.5 Å². The predicted octanol–water partition coefficient (Wildman–Crippen LogP) is 2.83. The van der Waals surface area contributed by atoms with E-state index >= 15 is 0 Å². The van der Waals surface area contributed by atoms with Gasteiger partial charge in [0.05, 0.1) is 18.2 Å². The van der Waals surface area contributed by atoms with E-state index in [0.29, 0.717) is 18.9 Å². The molecule has 4 rings (SSSR count). The summed E-state index contributed by atoms with van der Waals surface area (Å²) in [5, 5.41) is 13.3. The molecule has 4 aromatic rings. The van der Waals surface area contributed by atoms with Gasteiger partial charge in [0.1, 0.15) is 28.4 Å². The number of hydrogen-bond acceptors (Lipinski definition) is 9. The molecule has 10 nitrogen and oxygen atoms in total. The Morgan fingerprint density at radius 1 is 1.22 bits per heavy atom. The van der Waals surface area contributed by atoms with Gasteiger partial charge in [-0.3, -0.25) is 14.6 Å². The molecule has 1 amide bonds. The van der Waals surface area contributed by atoms with Gasteiger partial charge in [-0.2, -0.15) is 0 Å². The van der Waals surface area contributed by atoms with Crippen LogP contribution in [-0.4, -0.2) is 50.6 Å². The second-order valence-electron chi connectivity index (χ2n) is 6.27. The van der Waals surface area contributed by atoms with Crippen LogP contribution in [0.2, 0.25) is 0 Å². The van der Waals surface area contributed by atoms with Crippen molar-refractivity contribution < 1.29 is 19.4 Å². The van der Waals surface area contributed by atoms with Crippen LogP contribution in [0.25, 0.3) is 21.3 Å². The third kappa shape index (κ3) is 5.73. The molecule has 32 heavy (non-hydrogen) atoms. The largest absolute Gasteiger partial charge is 0.492 e. The minimum absolute atomic E-state index is 0.215. The number of nitrogens with zero attached hydrogens (tertiary/aromatic N) is 4. The molecule has 0 aliphatic heterocycles. The van der Waals surface area contributed by atoms with Gasteiger partial charge in [0.15, 0.2) is 0 Å². The number of hydrogen-bond donors (Lipinski definition) is 3. The Labute approximate surface area is 187 Å². The monoisotopic (exact) mass is 452 g/mol. The average molecular weight is 452 g/mol. The first-order valence-electron chi connectivity index (χ1n) is 9.47. The molecule has 0 aliphatic carbocycles. The van der Waals surface area contributed by atoms with Gasteiger partial charge in [0.2, 0.25) is 0 Å². The molecule has 4 N–H and O–H groups in total. The minimum atomic E-state index is -0.559. The summed E-state index contributed by atoms with van der Waals surface area (Å²) in [6.07, 6.45) is 7.41. The zero-order chi connectivity index (χ0) is 22.8. The lowest BCUT2D eigenvalue weighted by atomic mass is 10.1. The highest BCUT2D eigenvalue weighted by Crippen LogP contribution is 2.35. The van der Waals surface area contributed by atoms with Crippen LogP contribution in [0, 0.1) is 0 Å². The van der Waals surface area contributed by atoms with E-state index in [-0.39, 0.29) is 12.2 Å². The van der Waals surface area contributed by atoms with E-state index in [0.717, 1.165) is 33.6 Å². The fourth-order valence-corrected chi connectivity index (χ4v) is 3.74. The van der Waals surface area contributed by atoms with Gasteiger partial charge in [0, 0.05) is 35.4 Å². The quantitative estimate of drug-likeness (QED) is 0.270. The molecule has 4 heterocycles. The lowest BCUT2D eigenvalue weighted by Crippen LogP contribution is -2.13. The number of carboxylic acid groups (broad SMARTS) is 1. The third-order valence-corrected chi connectivity index (χ3v) is 5.10. The number of fused-ring (bicyclic) bond motifs is 1. The fraction of sp³-hybridized carbons (Fsp3) is 0.143. The molecule has 0 aliphatic rings. The number of aromatic nitrogens is 4. The van der Waals surface area contributed by atoms with Gasteiger partial charge in [-0.1, -0.05) is 6.07 Å². The number of anilines is 1. The van der Waals surface area contributed by atoms with Crippen LogP contribution in [0.4, 0.5) is 5.82 Å². The van der Waals surface area contributed by atoms with Crippen molar-refractivity contribution in [3.05, 3.63) is 60.3 Å². The van der Waals surface area contributed by atoms with E-state index < -0.39 is 5.91 Å². The van der Waals surface area contributed by atoms with Crippen LogP contribution in [0.5, 0.6) is 5.75 Å². The van der Waals surface area contributed by atoms with E-state index in [9.17, 15) is 4.79 Å². The van der Waals surface area contributed by atoms with Crippen LogP contribution < -0.4 is 15.8 Å². The lowest BCUT2D eigenvalue weighted by Gasteiger charge is -2.09. The number of nitrogens with two attached hydrogens (primary N) is 1. The van der Waals surface area contributed by atoms with Crippen LogP contribution >= 0.6 is 11.3 Å². The van der Waals surface area contributed by atoms with Crippen molar-refractivity contribution in [1.29, 1.82) is 0 Å². The topological polar surface area (TPSA) is 153 Å². The van der Waals surface area contributed by atoms with Gasteiger partial charge in [0.25, 0.3) is 12.4 Å². The van der Waals surface area contributed by atoms with E-state index in [1.54, 1.807) is 36.0 Å². The first-order chi connectivity index (χ1) is 15.6. The first-order valence-corrected chi connectivity index (χ1v) is 10.3. The SMILES string of the molecule is NC(=O)c1ccc(OCCCNc2ncnc3scc(-c4cccnc4)c23)cn1.O=CO. The molecular weight excluding hydrogens is 432 g/mol. The van der Waals surface area contributed by atoms with Crippen molar-refractivity contribution in [3.8, 4) is 16.9 Å². The molecule has 0 unspecified atom stereocenters. The summed E-state index contributed by atoms with van der Waals surface area (Å²) in [5.41, 5.74) is 7.49. The summed E-state index contributed by atoms with van der Waals surface area (Å²) in [5.74, 6) is 0.828. The zero-order valence-electron chi connectivity index (χ0n) is 16.8.